The van der Waals surface area contributed by atoms with Crippen LogP contribution in [0, 0.1) is 0 Å². The van der Waals surface area contributed by atoms with Crippen LogP contribution in [0.2, 0.25) is 10.0 Å². The minimum atomic E-state index is -0.563. The van der Waals surface area contributed by atoms with Gasteiger partial charge in [0.05, 0.1) is 5.02 Å². The van der Waals surface area contributed by atoms with Crippen LogP contribution in [-0.4, -0.2) is 35.8 Å². The number of fused-ring (bicyclic) bond motifs is 1. The highest BCUT2D eigenvalue weighted by Gasteiger charge is 2.18. The molecule has 0 saturated carbocycles. The third-order valence-electron chi connectivity index (χ3n) is 4.00. The van der Waals surface area contributed by atoms with Gasteiger partial charge in [-0.1, -0.05) is 47.5 Å². The van der Waals surface area contributed by atoms with Gasteiger partial charge in [-0.3, -0.25) is 4.90 Å². The van der Waals surface area contributed by atoms with E-state index in [4.69, 9.17) is 27.9 Å². The fourth-order valence-corrected chi connectivity index (χ4v) is 3.30. The highest BCUT2D eigenvalue weighted by atomic mass is 35.5. The lowest BCUT2D eigenvalue weighted by atomic mass is 10.00. The van der Waals surface area contributed by atoms with Gasteiger partial charge in [-0.15, -0.1) is 12.4 Å². The SMILES string of the molecule is Cl.OC(COc1ccc(Cl)cc1Cl)CN1CCc2ccccc2C1. The minimum Gasteiger partial charge on any atom is -0.489 e. The molecule has 0 spiro atoms. The number of ether oxygens (including phenoxy) is 1. The normalized spacial score (nSPS) is 15.3. The highest BCUT2D eigenvalue weighted by molar-refractivity contribution is 6.35. The molecule has 0 bridgehead atoms. The van der Waals surface area contributed by atoms with Crippen LogP contribution in [0.5, 0.6) is 5.75 Å². The van der Waals surface area contributed by atoms with Crippen LogP contribution in [0.15, 0.2) is 42.5 Å². The number of β-amino-alcohol motifs (C(OH)–C–C–N with tert-alkyl or cyclic N) is 1. The molecule has 0 amide bonds. The van der Waals surface area contributed by atoms with Crippen molar-refractivity contribution in [2.24, 2.45) is 0 Å². The van der Waals surface area contributed by atoms with Gasteiger partial charge in [0.2, 0.25) is 0 Å². The smallest absolute Gasteiger partial charge is 0.138 e. The second-order valence-corrected chi connectivity index (χ2v) is 6.64. The van der Waals surface area contributed by atoms with Crippen LogP contribution in [-0.2, 0) is 13.0 Å². The van der Waals surface area contributed by atoms with Gasteiger partial charge in [-0.25, -0.2) is 0 Å². The van der Waals surface area contributed by atoms with Gasteiger partial charge in [0, 0.05) is 24.7 Å². The summed E-state index contributed by atoms with van der Waals surface area (Å²) in [5.74, 6) is 0.541. The van der Waals surface area contributed by atoms with E-state index in [1.807, 2.05) is 0 Å². The Morgan fingerprint density at radius 3 is 2.62 bits per heavy atom. The summed E-state index contributed by atoms with van der Waals surface area (Å²) in [6, 6.07) is 13.5. The number of hydrogen-bond acceptors (Lipinski definition) is 3. The molecule has 0 aromatic heterocycles. The summed E-state index contributed by atoms with van der Waals surface area (Å²) >= 11 is 11.9. The molecule has 1 atom stereocenters. The quantitative estimate of drug-likeness (QED) is 0.832. The summed E-state index contributed by atoms with van der Waals surface area (Å²) in [5, 5.41) is 11.2. The van der Waals surface area contributed by atoms with E-state index < -0.39 is 6.10 Å². The summed E-state index contributed by atoms with van der Waals surface area (Å²) in [6.07, 6.45) is 0.458. The van der Waals surface area contributed by atoms with Crippen LogP contribution in [0.25, 0.3) is 0 Å². The van der Waals surface area contributed by atoms with E-state index in [1.54, 1.807) is 18.2 Å². The van der Waals surface area contributed by atoms with Crippen molar-refractivity contribution < 1.29 is 9.84 Å². The first kappa shape index (κ1) is 19.4. The maximum atomic E-state index is 10.2. The second-order valence-electron chi connectivity index (χ2n) is 5.79. The number of benzene rings is 2. The van der Waals surface area contributed by atoms with Crippen LogP contribution >= 0.6 is 35.6 Å². The molecule has 130 valence electrons. The number of hydrogen-bond donors (Lipinski definition) is 1. The average molecular weight is 389 g/mol. The van der Waals surface area contributed by atoms with Crippen molar-refractivity contribution in [3.05, 3.63) is 63.6 Å². The molecule has 1 N–H and O–H groups in total. The third kappa shape index (κ3) is 5.01. The fraction of sp³-hybridized carbons (Fsp3) is 0.333. The molecule has 0 aliphatic carbocycles. The maximum absolute atomic E-state index is 10.2. The van der Waals surface area contributed by atoms with Gasteiger partial charge in [-0.2, -0.15) is 0 Å². The minimum absolute atomic E-state index is 0. The molecule has 1 heterocycles. The molecule has 24 heavy (non-hydrogen) atoms. The first-order valence-electron chi connectivity index (χ1n) is 7.67. The second kappa shape index (κ2) is 8.93. The van der Waals surface area contributed by atoms with E-state index in [9.17, 15) is 5.11 Å². The van der Waals surface area contributed by atoms with Crippen molar-refractivity contribution in [1.29, 1.82) is 0 Å². The Balaban J connectivity index is 0.00000208. The lowest BCUT2D eigenvalue weighted by Crippen LogP contribution is -2.38. The molecule has 2 aromatic rings. The molecule has 2 aromatic carbocycles. The predicted molar refractivity (Wildman–Crippen MR) is 101 cm³/mol. The Morgan fingerprint density at radius 1 is 1.12 bits per heavy atom. The highest BCUT2D eigenvalue weighted by Crippen LogP contribution is 2.27. The van der Waals surface area contributed by atoms with Crippen LogP contribution in [0.4, 0.5) is 0 Å². The van der Waals surface area contributed by atoms with E-state index in [2.05, 4.69) is 29.2 Å². The standard InChI is InChI=1S/C18H19Cl2NO2.ClH/c19-15-5-6-18(17(20)9-15)23-12-16(22)11-21-8-7-13-3-1-2-4-14(13)10-21;/h1-6,9,16,22H,7-8,10-12H2;1H. The van der Waals surface area contributed by atoms with E-state index >= 15 is 0 Å². The van der Waals surface area contributed by atoms with Gasteiger partial charge >= 0.3 is 0 Å². The molecule has 1 aliphatic heterocycles. The Morgan fingerprint density at radius 2 is 1.88 bits per heavy atom. The van der Waals surface area contributed by atoms with Crippen molar-refractivity contribution in [1.82, 2.24) is 4.90 Å². The van der Waals surface area contributed by atoms with Crippen molar-refractivity contribution in [3.8, 4) is 5.75 Å². The Kier molecular flexibility index (Phi) is 7.20. The molecule has 3 rings (SSSR count). The van der Waals surface area contributed by atoms with E-state index in [0.717, 1.165) is 19.5 Å². The maximum Gasteiger partial charge on any atom is 0.138 e. The summed E-state index contributed by atoms with van der Waals surface area (Å²) in [5.41, 5.74) is 2.75. The topological polar surface area (TPSA) is 32.7 Å². The zero-order valence-electron chi connectivity index (χ0n) is 13.1. The molecule has 0 saturated heterocycles. The predicted octanol–water partition coefficient (Wildman–Crippen LogP) is 4.21. The third-order valence-corrected chi connectivity index (χ3v) is 4.53. The van der Waals surface area contributed by atoms with Gasteiger partial charge in [0.1, 0.15) is 18.5 Å². The molecular formula is C18H20Cl3NO2. The van der Waals surface area contributed by atoms with Crippen LogP contribution in [0.1, 0.15) is 11.1 Å². The van der Waals surface area contributed by atoms with Gasteiger partial charge in [-0.05, 0) is 35.7 Å². The Labute approximate surface area is 158 Å². The zero-order valence-corrected chi connectivity index (χ0v) is 15.4. The van der Waals surface area contributed by atoms with Crippen molar-refractivity contribution in [2.45, 2.75) is 19.1 Å². The Bertz CT molecular complexity index is 681. The van der Waals surface area contributed by atoms with Crippen LogP contribution in [0.3, 0.4) is 0 Å². The summed E-state index contributed by atoms with van der Waals surface area (Å²) in [7, 11) is 0. The number of halogens is 3. The Hall–Kier alpha value is -0.970. The van der Waals surface area contributed by atoms with Crippen molar-refractivity contribution >= 4 is 35.6 Å². The summed E-state index contributed by atoms with van der Waals surface area (Å²) in [4.78, 5) is 2.25. The first-order chi connectivity index (χ1) is 11.1. The zero-order chi connectivity index (χ0) is 16.2. The molecule has 6 heteroatoms. The van der Waals surface area contributed by atoms with E-state index in [-0.39, 0.29) is 19.0 Å². The molecule has 0 fully saturated rings. The summed E-state index contributed by atoms with van der Waals surface area (Å²) < 4.78 is 5.60. The number of rotatable bonds is 5. The number of nitrogens with zero attached hydrogens (tertiary/aromatic N) is 1. The monoisotopic (exact) mass is 387 g/mol. The number of aliphatic hydroxyl groups excluding tert-OH is 1. The van der Waals surface area contributed by atoms with Gasteiger partial charge < -0.3 is 9.84 Å². The van der Waals surface area contributed by atoms with E-state index in [1.165, 1.54) is 11.1 Å². The molecule has 0 radical (unpaired) electrons. The van der Waals surface area contributed by atoms with Crippen molar-refractivity contribution in [2.75, 3.05) is 19.7 Å². The fourth-order valence-electron chi connectivity index (χ4n) is 2.84. The first-order valence-corrected chi connectivity index (χ1v) is 8.42. The largest absolute Gasteiger partial charge is 0.489 e. The molecule has 1 unspecified atom stereocenters. The lowest BCUT2D eigenvalue weighted by molar-refractivity contribution is 0.0638. The van der Waals surface area contributed by atoms with E-state index in [0.29, 0.717) is 22.3 Å². The molecule has 1 aliphatic rings. The average Bonchev–Trinajstić information content (AvgIpc) is 2.54. The summed E-state index contributed by atoms with van der Waals surface area (Å²) in [6.45, 7) is 2.61. The van der Waals surface area contributed by atoms with Crippen LogP contribution < -0.4 is 4.74 Å². The van der Waals surface area contributed by atoms with Gasteiger partial charge in [0.15, 0.2) is 0 Å². The van der Waals surface area contributed by atoms with Gasteiger partial charge in [0.25, 0.3) is 0 Å². The molecule has 3 nitrogen and oxygen atoms in total. The van der Waals surface area contributed by atoms with Crippen molar-refractivity contribution in [3.63, 3.8) is 0 Å². The number of aliphatic hydroxyl groups is 1. The lowest BCUT2D eigenvalue weighted by Gasteiger charge is -2.30. The molecular weight excluding hydrogens is 369 g/mol.